The largest absolute Gasteiger partial charge is 0.433 e. The second-order valence-electron chi connectivity index (χ2n) is 8.65. The molecule has 1 spiro atoms. The van der Waals surface area contributed by atoms with Crippen LogP contribution in [-0.2, 0) is 32.1 Å². The molecule has 2 aliphatic rings. The first-order valence-electron chi connectivity index (χ1n) is 10.1. The highest BCUT2D eigenvalue weighted by atomic mass is 19.4. The van der Waals surface area contributed by atoms with Crippen molar-refractivity contribution in [1.29, 1.82) is 0 Å². The predicted molar refractivity (Wildman–Crippen MR) is 107 cm³/mol. The number of aryl methyl sites for hydroxylation is 3. The summed E-state index contributed by atoms with van der Waals surface area (Å²) in [5.74, 6) is 0. The Kier molecular flexibility index (Phi) is 4.07. The molecule has 5 rings (SSSR count). The molecule has 3 aromatic rings. The maximum Gasteiger partial charge on any atom is 0.433 e. The van der Waals surface area contributed by atoms with Crippen molar-refractivity contribution >= 4 is 10.9 Å². The molecule has 3 heterocycles. The third-order valence-electron chi connectivity index (χ3n) is 6.71. The minimum atomic E-state index is -4.39. The van der Waals surface area contributed by atoms with Crippen LogP contribution < -0.4 is 0 Å². The lowest BCUT2D eigenvalue weighted by atomic mass is 9.96. The van der Waals surface area contributed by atoms with Gasteiger partial charge in [-0.3, -0.25) is 9.88 Å². The molecule has 0 unspecified atom stereocenters. The molecule has 0 amide bonds. The molecule has 1 aliphatic heterocycles. The Morgan fingerprint density at radius 1 is 1.14 bits per heavy atom. The molecule has 0 atom stereocenters. The zero-order valence-electron chi connectivity index (χ0n) is 16.7. The highest BCUT2D eigenvalue weighted by molar-refractivity contribution is 5.86. The van der Waals surface area contributed by atoms with E-state index in [1.54, 1.807) is 6.07 Å². The molecule has 1 aliphatic carbocycles. The van der Waals surface area contributed by atoms with E-state index in [9.17, 15) is 13.2 Å². The van der Waals surface area contributed by atoms with Crippen LogP contribution >= 0.6 is 0 Å². The molecule has 1 fully saturated rings. The van der Waals surface area contributed by atoms with E-state index in [1.807, 2.05) is 0 Å². The maximum atomic E-state index is 12.8. The number of benzene rings is 1. The summed E-state index contributed by atoms with van der Waals surface area (Å²) in [6, 6.07) is 9.22. The molecule has 2 aromatic heterocycles. The minimum absolute atomic E-state index is 0.310. The third kappa shape index (κ3) is 3.14. The van der Waals surface area contributed by atoms with Crippen molar-refractivity contribution < 1.29 is 13.2 Å². The molecule has 3 nitrogen and oxygen atoms in total. The van der Waals surface area contributed by atoms with Gasteiger partial charge in [-0.25, -0.2) is 0 Å². The number of pyridine rings is 1. The predicted octanol–water partition coefficient (Wildman–Crippen LogP) is 5.13. The van der Waals surface area contributed by atoms with E-state index in [2.05, 4.69) is 46.6 Å². The van der Waals surface area contributed by atoms with Crippen LogP contribution in [0.5, 0.6) is 0 Å². The number of likely N-dealkylation sites (N-methyl/N-ethyl adjacent to an activating group) is 1. The molecule has 0 saturated heterocycles. The van der Waals surface area contributed by atoms with Crippen molar-refractivity contribution in [3.05, 3.63) is 64.6 Å². The average Bonchev–Trinajstić information content (AvgIpc) is 3.39. The fourth-order valence-electron chi connectivity index (χ4n) is 4.76. The van der Waals surface area contributed by atoms with Crippen LogP contribution in [0.15, 0.2) is 36.5 Å². The first kappa shape index (κ1) is 18.7. The normalized spacial score (nSPS) is 18.4. The SMILES string of the molecule is Cc1ccc2c(c1)c1c(n2CCc2ccc(C(F)(F)F)nc2)CC2(CC2)N(C)C1. The molecule has 29 heavy (non-hydrogen) atoms. The van der Waals surface area contributed by atoms with Crippen molar-refractivity contribution in [2.45, 2.75) is 57.4 Å². The minimum Gasteiger partial charge on any atom is -0.344 e. The van der Waals surface area contributed by atoms with Gasteiger partial charge in [-0.05, 0) is 62.6 Å². The lowest BCUT2D eigenvalue weighted by Gasteiger charge is -2.34. The number of hydrogen-bond donors (Lipinski definition) is 0. The quantitative estimate of drug-likeness (QED) is 0.609. The fourth-order valence-corrected chi connectivity index (χ4v) is 4.76. The monoisotopic (exact) mass is 399 g/mol. The number of rotatable bonds is 3. The first-order valence-corrected chi connectivity index (χ1v) is 10.1. The van der Waals surface area contributed by atoms with Crippen LogP contribution in [0.2, 0.25) is 0 Å². The van der Waals surface area contributed by atoms with Gasteiger partial charge in [-0.15, -0.1) is 0 Å². The van der Waals surface area contributed by atoms with Gasteiger partial charge >= 0.3 is 6.18 Å². The maximum absolute atomic E-state index is 12.8. The van der Waals surface area contributed by atoms with Crippen molar-refractivity contribution in [1.82, 2.24) is 14.5 Å². The van der Waals surface area contributed by atoms with E-state index in [-0.39, 0.29) is 0 Å². The van der Waals surface area contributed by atoms with Crippen LogP contribution in [0.3, 0.4) is 0 Å². The number of alkyl halides is 3. The standard InChI is InChI=1S/C23H24F3N3/c1-15-3-5-19-17(11-15)18-14-28(2)22(8-9-22)12-20(18)29(19)10-7-16-4-6-21(27-13-16)23(24,25)26/h3-6,11,13H,7-10,12,14H2,1-2H3. The van der Waals surface area contributed by atoms with E-state index < -0.39 is 11.9 Å². The Hall–Kier alpha value is -2.34. The summed E-state index contributed by atoms with van der Waals surface area (Å²) < 4.78 is 40.7. The van der Waals surface area contributed by atoms with Crippen LogP contribution in [0.4, 0.5) is 13.2 Å². The van der Waals surface area contributed by atoms with E-state index in [1.165, 1.54) is 46.8 Å². The van der Waals surface area contributed by atoms with Crippen LogP contribution in [0.25, 0.3) is 10.9 Å². The number of fused-ring (bicyclic) bond motifs is 3. The topological polar surface area (TPSA) is 21.1 Å². The number of halogens is 3. The smallest absolute Gasteiger partial charge is 0.344 e. The van der Waals surface area contributed by atoms with Gasteiger partial charge in [0.25, 0.3) is 0 Å². The van der Waals surface area contributed by atoms with Crippen molar-refractivity contribution in [3.8, 4) is 0 Å². The third-order valence-corrected chi connectivity index (χ3v) is 6.71. The lowest BCUT2D eigenvalue weighted by Crippen LogP contribution is -2.40. The first-order chi connectivity index (χ1) is 13.8. The Labute approximate surface area is 168 Å². The Morgan fingerprint density at radius 3 is 2.59 bits per heavy atom. The summed E-state index contributed by atoms with van der Waals surface area (Å²) in [5, 5.41) is 1.31. The van der Waals surface area contributed by atoms with Gasteiger partial charge in [0.15, 0.2) is 0 Å². The molecule has 0 N–H and O–H groups in total. The summed E-state index contributed by atoms with van der Waals surface area (Å²) in [7, 11) is 2.22. The fraction of sp³-hybridized carbons (Fsp3) is 0.435. The van der Waals surface area contributed by atoms with Crippen molar-refractivity contribution in [2.24, 2.45) is 0 Å². The molecular weight excluding hydrogens is 375 g/mol. The molecule has 0 bridgehead atoms. The number of hydrogen-bond acceptors (Lipinski definition) is 2. The van der Waals surface area contributed by atoms with Gasteiger partial charge in [0.05, 0.1) is 0 Å². The van der Waals surface area contributed by atoms with Gasteiger partial charge < -0.3 is 4.57 Å². The molecule has 152 valence electrons. The van der Waals surface area contributed by atoms with Gasteiger partial charge in [-0.2, -0.15) is 13.2 Å². The van der Waals surface area contributed by atoms with Crippen molar-refractivity contribution in [3.63, 3.8) is 0 Å². The summed E-state index contributed by atoms with van der Waals surface area (Å²) in [5.41, 5.74) is 5.60. The highest BCUT2D eigenvalue weighted by Crippen LogP contribution is 2.49. The highest BCUT2D eigenvalue weighted by Gasteiger charge is 2.50. The molecule has 0 radical (unpaired) electrons. The van der Waals surface area contributed by atoms with Gasteiger partial charge in [-0.1, -0.05) is 17.7 Å². The van der Waals surface area contributed by atoms with Gasteiger partial charge in [0.2, 0.25) is 0 Å². The second kappa shape index (κ2) is 6.33. The Morgan fingerprint density at radius 2 is 1.93 bits per heavy atom. The zero-order chi connectivity index (χ0) is 20.4. The Bertz CT molecular complexity index is 1080. The van der Waals surface area contributed by atoms with E-state index >= 15 is 0 Å². The molecule has 1 aromatic carbocycles. The van der Waals surface area contributed by atoms with Gasteiger partial charge in [0, 0.05) is 47.8 Å². The van der Waals surface area contributed by atoms with Crippen LogP contribution in [-0.4, -0.2) is 27.0 Å². The Balaban J connectivity index is 1.49. The van der Waals surface area contributed by atoms with Crippen LogP contribution in [0, 0.1) is 6.92 Å². The summed E-state index contributed by atoms with van der Waals surface area (Å²) in [6.45, 7) is 3.83. The number of aromatic nitrogens is 2. The van der Waals surface area contributed by atoms with E-state index in [4.69, 9.17) is 0 Å². The second-order valence-corrected chi connectivity index (χ2v) is 8.65. The summed E-state index contributed by atoms with van der Waals surface area (Å²) in [6.07, 6.45) is 1.17. The lowest BCUT2D eigenvalue weighted by molar-refractivity contribution is -0.141. The van der Waals surface area contributed by atoms with E-state index in [0.29, 0.717) is 12.0 Å². The van der Waals surface area contributed by atoms with Crippen molar-refractivity contribution in [2.75, 3.05) is 7.05 Å². The van der Waals surface area contributed by atoms with Crippen LogP contribution in [0.1, 0.15) is 40.9 Å². The zero-order valence-corrected chi connectivity index (χ0v) is 16.7. The molecule has 6 heteroatoms. The van der Waals surface area contributed by atoms with E-state index in [0.717, 1.165) is 31.1 Å². The van der Waals surface area contributed by atoms with Gasteiger partial charge in [0.1, 0.15) is 5.69 Å². The summed E-state index contributed by atoms with van der Waals surface area (Å²) >= 11 is 0. The molecular formula is C23H24F3N3. The average molecular weight is 399 g/mol. The molecule has 1 saturated carbocycles. The summed E-state index contributed by atoms with van der Waals surface area (Å²) in [4.78, 5) is 6.11. The number of nitrogens with zero attached hydrogens (tertiary/aromatic N) is 3.